The van der Waals surface area contributed by atoms with E-state index in [4.69, 9.17) is 23.2 Å². The fourth-order valence-electron chi connectivity index (χ4n) is 3.84. The zero-order valence-corrected chi connectivity index (χ0v) is 22.9. The Morgan fingerprint density at radius 3 is 2.68 bits per heavy atom. The lowest BCUT2D eigenvalue weighted by atomic mass is 9.95. The van der Waals surface area contributed by atoms with E-state index in [9.17, 15) is 24.8 Å². The Hall–Kier alpha value is -3.29. The highest BCUT2D eigenvalue weighted by Gasteiger charge is 2.46. The van der Waals surface area contributed by atoms with E-state index >= 15 is 0 Å². The Balaban J connectivity index is 1.51. The first-order valence-corrected chi connectivity index (χ1v) is 14.2. The third kappa shape index (κ3) is 5.05. The first kappa shape index (κ1) is 26.3. The number of aliphatic hydroxyl groups excluding tert-OH is 1. The minimum absolute atomic E-state index is 0.122. The van der Waals surface area contributed by atoms with Crippen molar-refractivity contribution in [2.45, 2.75) is 16.1 Å². The summed E-state index contributed by atoms with van der Waals surface area (Å²) in [7, 11) is 0. The second-order valence-corrected chi connectivity index (χ2v) is 11.8. The molecule has 2 aromatic heterocycles. The van der Waals surface area contributed by atoms with Gasteiger partial charge in [0.2, 0.25) is 10.9 Å². The number of anilines is 1. The largest absolute Gasteiger partial charge is 0.503 e. The molecule has 0 aliphatic carbocycles. The number of amides is 1. The molecule has 2 aromatic carbocycles. The molecule has 3 heterocycles. The number of carbonyl (C=O) groups is 2. The number of non-ortho nitro benzene ring substituents is 1. The van der Waals surface area contributed by atoms with Crippen LogP contribution >= 0.6 is 57.6 Å². The minimum Gasteiger partial charge on any atom is -0.503 e. The molecule has 192 valence electrons. The Bertz CT molecular complexity index is 1610. The van der Waals surface area contributed by atoms with Crippen LogP contribution in [-0.2, 0) is 10.5 Å². The molecule has 9 nitrogen and oxygen atoms in total. The van der Waals surface area contributed by atoms with Gasteiger partial charge in [-0.1, -0.05) is 70.6 Å². The number of carbonyl (C=O) groups excluding carboxylic acids is 2. The third-order valence-corrected chi connectivity index (χ3v) is 9.12. The molecule has 38 heavy (non-hydrogen) atoms. The maximum atomic E-state index is 13.4. The van der Waals surface area contributed by atoms with E-state index < -0.39 is 28.4 Å². The molecule has 1 unspecified atom stereocenters. The second-order valence-electron chi connectivity index (χ2n) is 7.87. The minimum atomic E-state index is -1.14. The van der Waals surface area contributed by atoms with Gasteiger partial charge in [0, 0.05) is 27.9 Å². The summed E-state index contributed by atoms with van der Waals surface area (Å²) in [4.78, 5) is 39.0. The third-order valence-electron chi connectivity index (χ3n) is 5.56. The SMILES string of the molecule is O=C(C1=C(O)C(=O)N(c2nnc(SCc3ccc(Cl)cc3Cl)s2)C1c1cccc([N+](=O)[O-])c1)c1cccs1. The quantitative estimate of drug-likeness (QED) is 0.0757. The van der Waals surface area contributed by atoms with Crippen molar-refractivity contribution in [3.05, 3.63) is 107 Å². The molecule has 1 N–H and O–H groups in total. The van der Waals surface area contributed by atoms with Crippen molar-refractivity contribution in [1.82, 2.24) is 10.2 Å². The predicted octanol–water partition coefficient (Wildman–Crippen LogP) is 6.89. The lowest BCUT2D eigenvalue weighted by Crippen LogP contribution is -2.31. The van der Waals surface area contributed by atoms with Gasteiger partial charge in [0.1, 0.15) is 0 Å². The van der Waals surface area contributed by atoms with Crippen molar-refractivity contribution in [3.63, 3.8) is 0 Å². The topological polar surface area (TPSA) is 127 Å². The lowest BCUT2D eigenvalue weighted by molar-refractivity contribution is -0.384. The molecule has 1 aliphatic heterocycles. The summed E-state index contributed by atoms with van der Waals surface area (Å²) in [6, 6.07) is 12.8. The molecule has 0 fully saturated rings. The van der Waals surface area contributed by atoms with Crippen LogP contribution in [0, 0.1) is 10.1 Å². The van der Waals surface area contributed by atoms with Gasteiger partial charge in [0.15, 0.2) is 10.1 Å². The molecule has 1 amide bonds. The van der Waals surface area contributed by atoms with Gasteiger partial charge in [-0.25, -0.2) is 0 Å². The number of benzene rings is 2. The van der Waals surface area contributed by atoms with Crippen LogP contribution in [0.1, 0.15) is 26.8 Å². The number of halogens is 2. The average molecular weight is 606 g/mol. The van der Waals surface area contributed by atoms with Crippen LogP contribution in [0.25, 0.3) is 0 Å². The van der Waals surface area contributed by atoms with Gasteiger partial charge < -0.3 is 5.11 Å². The zero-order valence-electron chi connectivity index (χ0n) is 18.9. The van der Waals surface area contributed by atoms with Crippen molar-refractivity contribution in [3.8, 4) is 0 Å². The number of Topliss-reactive ketones (excluding diaryl/α,β-unsaturated/α-hetero) is 1. The summed E-state index contributed by atoms with van der Waals surface area (Å²) in [5.74, 6) is -1.69. The first-order valence-electron chi connectivity index (χ1n) is 10.7. The average Bonchev–Trinajstić information content (AvgIpc) is 3.64. The van der Waals surface area contributed by atoms with E-state index in [1.807, 2.05) is 0 Å². The smallest absolute Gasteiger partial charge is 0.296 e. The van der Waals surface area contributed by atoms with E-state index in [0.29, 0.717) is 25.0 Å². The molecule has 0 radical (unpaired) electrons. The molecule has 0 saturated heterocycles. The normalized spacial score (nSPS) is 15.4. The van der Waals surface area contributed by atoms with Crippen molar-refractivity contribution in [2.75, 3.05) is 4.90 Å². The highest BCUT2D eigenvalue weighted by molar-refractivity contribution is 8.00. The maximum Gasteiger partial charge on any atom is 0.296 e. The van der Waals surface area contributed by atoms with E-state index in [1.165, 1.54) is 30.0 Å². The molecule has 1 atom stereocenters. The summed E-state index contributed by atoms with van der Waals surface area (Å²) in [5, 5.41) is 33.4. The number of aliphatic hydroxyl groups is 1. The summed E-state index contributed by atoms with van der Waals surface area (Å²) in [6.45, 7) is 0. The maximum absolute atomic E-state index is 13.4. The molecule has 5 rings (SSSR count). The van der Waals surface area contributed by atoms with Crippen LogP contribution in [0.3, 0.4) is 0 Å². The Morgan fingerprint density at radius 2 is 1.97 bits per heavy atom. The summed E-state index contributed by atoms with van der Waals surface area (Å²) in [5.41, 5.74) is 0.689. The molecule has 0 spiro atoms. The molecule has 0 bridgehead atoms. The van der Waals surface area contributed by atoms with E-state index in [2.05, 4.69) is 10.2 Å². The fraction of sp³-hybridized carbons (Fsp3) is 0.0833. The van der Waals surface area contributed by atoms with Crippen LogP contribution in [0.15, 0.2) is 75.6 Å². The number of nitro groups is 1. The van der Waals surface area contributed by atoms with E-state index in [-0.39, 0.29) is 22.0 Å². The van der Waals surface area contributed by atoms with Gasteiger partial charge in [0.05, 0.1) is 21.4 Å². The van der Waals surface area contributed by atoms with Crippen molar-refractivity contribution in [2.24, 2.45) is 0 Å². The van der Waals surface area contributed by atoms with Gasteiger partial charge in [0.25, 0.3) is 11.6 Å². The van der Waals surface area contributed by atoms with Crippen molar-refractivity contribution in [1.29, 1.82) is 0 Å². The Labute approximate surface area is 237 Å². The Morgan fingerprint density at radius 1 is 1.16 bits per heavy atom. The van der Waals surface area contributed by atoms with Gasteiger partial charge in [-0.2, -0.15) is 0 Å². The monoisotopic (exact) mass is 604 g/mol. The predicted molar refractivity (Wildman–Crippen MR) is 148 cm³/mol. The molecule has 4 aromatic rings. The van der Waals surface area contributed by atoms with E-state index in [1.54, 1.807) is 41.8 Å². The van der Waals surface area contributed by atoms with Gasteiger partial charge >= 0.3 is 0 Å². The standard InChI is InChI=1S/C24H14Cl2N4O5S3/c25-14-7-6-13(16(26)10-14)11-37-24-28-27-23(38-24)29-19(12-3-1-4-15(9-12)30(34)35)18(21(32)22(29)33)20(31)17-5-2-8-36-17/h1-10,19,32H,11H2. The number of thiophene rings is 1. The van der Waals surface area contributed by atoms with Crippen LogP contribution in [0.4, 0.5) is 10.8 Å². The number of nitro benzene ring substituents is 1. The van der Waals surface area contributed by atoms with Crippen LogP contribution < -0.4 is 4.90 Å². The second kappa shape index (κ2) is 10.8. The van der Waals surface area contributed by atoms with Gasteiger partial charge in [-0.15, -0.1) is 21.5 Å². The number of nitrogens with zero attached hydrogens (tertiary/aromatic N) is 4. The fourth-order valence-corrected chi connectivity index (χ4v) is 6.94. The molecular formula is C24H14Cl2N4O5S3. The number of hydrogen-bond acceptors (Lipinski definition) is 10. The highest BCUT2D eigenvalue weighted by atomic mass is 35.5. The van der Waals surface area contributed by atoms with Gasteiger partial charge in [-0.05, 0) is 34.7 Å². The number of hydrogen-bond donors (Lipinski definition) is 1. The first-order chi connectivity index (χ1) is 18.2. The number of aromatic nitrogens is 2. The number of rotatable bonds is 8. The van der Waals surface area contributed by atoms with Crippen molar-refractivity contribution < 1.29 is 19.6 Å². The molecular weight excluding hydrogens is 591 g/mol. The van der Waals surface area contributed by atoms with Crippen LogP contribution in [0.5, 0.6) is 0 Å². The van der Waals surface area contributed by atoms with Crippen LogP contribution in [-0.4, -0.2) is 31.9 Å². The highest BCUT2D eigenvalue weighted by Crippen LogP contribution is 2.44. The molecule has 1 aliphatic rings. The zero-order chi connectivity index (χ0) is 27.0. The van der Waals surface area contributed by atoms with Crippen LogP contribution in [0.2, 0.25) is 10.0 Å². The summed E-state index contributed by atoms with van der Waals surface area (Å²) in [6.07, 6.45) is 0. The summed E-state index contributed by atoms with van der Waals surface area (Å²) < 4.78 is 0.508. The lowest BCUT2D eigenvalue weighted by Gasteiger charge is -2.23. The summed E-state index contributed by atoms with van der Waals surface area (Å²) >= 11 is 15.8. The Kier molecular flexibility index (Phi) is 7.50. The number of thioether (sulfide) groups is 1. The van der Waals surface area contributed by atoms with Crippen molar-refractivity contribution >= 4 is 80.1 Å². The number of ketones is 1. The van der Waals surface area contributed by atoms with E-state index in [0.717, 1.165) is 33.1 Å². The molecule has 14 heteroatoms. The van der Waals surface area contributed by atoms with Gasteiger partial charge in [-0.3, -0.25) is 24.6 Å². The molecule has 0 saturated carbocycles.